The van der Waals surface area contributed by atoms with E-state index in [2.05, 4.69) is 111 Å². The van der Waals surface area contributed by atoms with Crippen LogP contribution in [0, 0.1) is 0 Å². The number of nitrogens with one attached hydrogen (secondary N) is 1. The number of carbonyl (C=O) groups excluding carboxylic acids is 2. The van der Waals surface area contributed by atoms with E-state index >= 15 is 0 Å². The summed E-state index contributed by atoms with van der Waals surface area (Å²) < 4.78 is 30.1. The van der Waals surface area contributed by atoms with Gasteiger partial charge >= 0.3 is 5.97 Å². The summed E-state index contributed by atoms with van der Waals surface area (Å²) in [6, 6.07) is -0.939. The van der Waals surface area contributed by atoms with Crippen molar-refractivity contribution in [1.82, 2.24) is 5.32 Å². The summed E-state index contributed by atoms with van der Waals surface area (Å²) in [6.07, 6.45) is 66.4. The number of ether oxygens (including phenoxy) is 1. The van der Waals surface area contributed by atoms with Crippen molar-refractivity contribution in [3.8, 4) is 0 Å². The van der Waals surface area contributed by atoms with E-state index in [1.54, 1.807) is 6.08 Å². The Morgan fingerprint density at radius 2 is 1.00 bits per heavy atom. The van der Waals surface area contributed by atoms with Crippen LogP contribution in [0.2, 0.25) is 0 Å². The maximum absolute atomic E-state index is 13.4. The number of nitrogens with zero attached hydrogens (tertiary/aromatic N) is 1. The van der Waals surface area contributed by atoms with Crippen molar-refractivity contribution in [2.75, 3.05) is 40.9 Å². The summed E-state index contributed by atoms with van der Waals surface area (Å²) in [5.74, 6) is -0.661. The van der Waals surface area contributed by atoms with Crippen molar-refractivity contribution in [3.05, 3.63) is 109 Å². The van der Waals surface area contributed by atoms with E-state index in [0.29, 0.717) is 23.9 Å². The van der Waals surface area contributed by atoms with Gasteiger partial charge < -0.3 is 28.5 Å². The molecule has 0 saturated heterocycles. The molecule has 0 aromatic carbocycles. The third kappa shape index (κ3) is 49.6. The molecule has 10 heteroatoms. The Bertz CT molecular complexity index is 1570. The van der Waals surface area contributed by atoms with Crippen molar-refractivity contribution in [2.45, 2.75) is 219 Å². The number of phosphoric ester groups is 1. The molecule has 0 aromatic heterocycles. The molecular formula is C60H103N2O7P. The van der Waals surface area contributed by atoms with Gasteiger partial charge in [0.25, 0.3) is 7.82 Å². The van der Waals surface area contributed by atoms with E-state index in [-0.39, 0.29) is 31.3 Å². The summed E-state index contributed by atoms with van der Waals surface area (Å²) >= 11 is 0. The molecule has 3 unspecified atom stereocenters. The number of hydrogen-bond acceptors (Lipinski definition) is 7. The van der Waals surface area contributed by atoms with E-state index in [4.69, 9.17) is 13.8 Å². The summed E-state index contributed by atoms with van der Waals surface area (Å²) in [7, 11) is 1.11. The molecule has 0 aliphatic carbocycles. The SMILES string of the molecule is CC/C=C/C=C/C=C/CCCCCCCCCC(=O)OC(/C=C/CCCCCCCCCCCCC)C(COP(=O)([O-])OCC[N+](C)(C)C)NC(=O)CC/C=C/C/C=C/C/C=C/C/C=C/C/C=C/CC. The number of carbonyl (C=O) groups is 2. The lowest BCUT2D eigenvalue weighted by molar-refractivity contribution is -0.870. The van der Waals surface area contributed by atoms with Crippen LogP contribution in [0.15, 0.2) is 109 Å². The maximum Gasteiger partial charge on any atom is 0.306 e. The highest BCUT2D eigenvalue weighted by molar-refractivity contribution is 7.45. The molecule has 0 rings (SSSR count). The second kappa shape index (κ2) is 49.3. The van der Waals surface area contributed by atoms with Crippen LogP contribution in [-0.2, 0) is 27.9 Å². The van der Waals surface area contributed by atoms with Gasteiger partial charge in [0.05, 0.1) is 33.8 Å². The fourth-order valence-electron chi connectivity index (χ4n) is 7.27. The molecule has 0 bridgehead atoms. The van der Waals surface area contributed by atoms with Crippen molar-refractivity contribution in [1.29, 1.82) is 0 Å². The van der Waals surface area contributed by atoms with E-state index in [9.17, 15) is 19.0 Å². The third-order valence-corrected chi connectivity index (χ3v) is 12.5. The minimum absolute atomic E-state index is 0.0432. The van der Waals surface area contributed by atoms with Gasteiger partial charge in [-0.3, -0.25) is 14.2 Å². The van der Waals surface area contributed by atoms with Gasteiger partial charge in [-0.15, -0.1) is 0 Å². The molecule has 0 spiro atoms. The number of unbranched alkanes of at least 4 members (excludes halogenated alkanes) is 18. The summed E-state index contributed by atoms with van der Waals surface area (Å²) in [5.41, 5.74) is 0. The Labute approximate surface area is 430 Å². The van der Waals surface area contributed by atoms with Gasteiger partial charge in [0, 0.05) is 12.8 Å². The highest BCUT2D eigenvalue weighted by Gasteiger charge is 2.27. The van der Waals surface area contributed by atoms with E-state index in [1.807, 2.05) is 39.4 Å². The van der Waals surface area contributed by atoms with Gasteiger partial charge in [-0.05, 0) is 83.1 Å². The molecule has 0 fully saturated rings. The fourth-order valence-corrected chi connectivity index (χ4v) is 8.00. The number of amides is 1. The number of phosphoric acid groups is 1. The molecule has 70 heavy (non-hydrogen) atoms. The Morgan fingerprint density at radius 3 is 1.53 bits per heavy atom. The molecule has 0 aliphatic heterocycles. The number of esters is 1. The number of hydrogen-bond donors (Lipinski definition) is 1. The number of quaternary nitrogens is 1. The molecule has 0 heterocycles. The monoisotopic (exact) mass is 995 g/mol. The number of allylic oxidation sites excluding steroid dienone is 17. The second-order valence-corrected chi connectivity index (χ2v) is 20.8. The van der Waals surface area contributed by atoms with Gasteiger partial charge in [-0.2, -0.15) is 0 Å². The Morgan fingerprint density at radius 1 is 0.529 bits per heavy atom. The largest absolute Gasteiger partial charge is 0.756 e. The first-order valence-electron chi connectivity index (χ1n) is 27.7. The zero-order chi connectivity index (χ0) is 51.5. The lowest BCUT2D eigenvalue weighted by atomic mass is 10.0. The molecule has 0 radical (unpaired) electrons. The lowest BCUT2D eigenvalue weighted by Gasteiger charge is -2.30. The number of rotatable bonds is 48. The molecule has 1 amide bonds. The molecule has 1 N–H and O–H groups in total. The predicted octanol–water partition coefficient (Wildman–Crippen LogP) is 16.0. The zero-order valence-corrected chi connectivity index (χ0v) is 46.3. The van der Waals surface area contributed by atoms with Crippen molar-refractivity contribution in [3.63, 3.8) is 0 Å². The Balaban J connectivity index is 5.54. The van der Waals surface area contributed by atoms with Crippen LogP contribution in [0.1, 0.15) is 207 Å². The fraction of sp³-hybridized carbons (Fsp3) is 0.667. The lowest BCUT2D eigenvalue weighted by Crippen LogP contribution is -2.47. The standard InChI is InChI=1S/C60H103N2O7P/c1-7-10-13-16-19-22-25-28-30-32-34-37-40-43-46-49-52-59(63)61-57(56-68-70(65,66)67-55-54-62(4,5)6)58(51-48-45-42-39-36-33-27-24-21-18-15-12-9-3)69-60(64)53-50-47-44-41-38-35-31-29-26-23-20-17-14-11-8-2/h10-11,13-14,17,19-20,22-23,26,28,30,34,37,43,46,48,51,57-58H,7-9,12,15-16,18,21,24-25,27,29,31-33,35-36,38-42,44-45,47,49-50,52-56H2,1-6H3,(H-,61,63,65,66)/b13-10+,14-11+,20-17+,22-19+,26-23+,30-28+,37-34+,46-43+,51-48+. The molecule has 0 aliphatic rings. The van der Waals surface area contributed by atoms with Crippen LogP contribution in [0.25, 0.3) is 0 Å². The molecule has 3 atom stereocenters. The summed E-state index contributed by atoms with van der Waals surface area (Å²) in [6.45, 7) is 6.51. The molecule has 0 aromatic rings. The Kier molecular flexibility index (Phi) is 46.9. The highest BCUT2D eigenvalue weighted by atomic mass is 31.2. The van der Waals surface area contributed by atoms with Crippen molar-refractivity contribution in [2.24, 2.45) is 0 Å². The van der Waals surface area contributed by atoms with Crippen LogP contribution >= 0.6 is 7.82 Å². The summed E-state index contributed by atoms with van der Waals surface area (Å²) in [4.78, 5) is 39.8. The molecular weight excluding hydrogens is 892 g/mol. The van der Waals surface area contributed by atoms with Crippen LogP contribution in [0.5, 0.6) is 0 Å². The van der Waals surface area contributed by atoms with E-state index in [1.165, 1.54) is 77.0 Å². The van der Waals surface area contributed by atoms with Crippen LogP contribution < -0.4 is 10.2 Å². The Hall–Kier alpha value is -3.33. The maximum atomic E-state index is 13.4. The first-order valence-corrected chi connectivity index (χ1v) is 29.2. The first-order chi connectivity index (χ1) is 33.9. The van der Waals surface area contributed by atoms with Crippen molar-refractivity contribution < 1.29 is 37.3 Å². The minimum atomic E-state index is -4.72. The molecule has 400 valence electrons. The van der Waals surface area contributed by atoms with E-state index in [0.717, 1.165) is 83.5 Å². The smallest absolute Gasteiger partial charge is 0.306 e. The van der Waals surface area contributed by atoms with E-state index < -0.39 is 26.6 Å². The highest BCUT2D eigenvalue weighted by Crippen LogP contribution is 2.38. The van der Waals surface area contributed by atoms with Gasteiger partial charge in [0.1, 0.15) is 19.3 Å². The van der Waals surface area contributed by atoms with Crippen LogP contribution in [0.4, 0.5) is 0 Å². The summed E-state index contributed by atoms with van der Waals surface area (Å²) in [5, 5.41) is 2.96. The second-order valence-electron chi connectivity index (χ2n) is 19.4. The van der Waals surface area contributed by atoms with Crippen LogP contribution in [0.3, 0.4) is 0 Å². The quantitative estimate of drug-likeness (QED) is 0.0161. The van der Waals surface area contributed by atoms with Gasteiger partial charge in [0.2, 0.25) is 5.91 Å². The number of likely N-dealkylation sites (N-methyl/N-ethyl adjacent to an activating group) is 1. The predicted molar refractivity (Wildman–Crippen MR) is 297 cm³/mol. The topological polar surface area (TPSA) is 114 Å². The molecule has 0 saturated carbocycles. The average Bonchev–Trinajstić information content (AvgIpc) is 3.32. The van der Waals surface area contributed by atoms with Crippen molar-refractivity contribution >= 4 is 19.7 Å². The third-order valence-electron chi connectivity index (χ3n) is 11.5. The normalized spacial score (nSPS) is 14.7. The van der Waals surface area contributed by atoms with Gasteiger partial charge in [-0.1, -0.05) is 220 Å². The minimum Gasteiger partial charge on any atom is -0.756 e. The zero-order valence-electron chi connectivity index (χ0n) is 45.4. The van der Waals surface area contributed by atoms with Crippen LogP contribution in [-0.4, -0.2) is 69.4 Å². The molecule has 9 nitrogen and oxygen atoms in total. The van der Waals surface area contributed by atoms with Gasteiger partial charge in [0.15, 0.2) is 0 Å². The van der Waals surface area contributed by atoms with Gasteiger partial charge in [-0.25, -0.2) is 0 Å². The first kappa shape index (κ1) is 66.7. The average molecular weight is 995 g/mol.